The molecule has 1 N–H and O–H groups in total. The van der Waals surface area contributed by atoms with Gasteiger partial charge in [0, 0.05) is 6.42 Å². The van der Waals surface area contributed by atoms with Gasteiger partial charge in [-0.05, 0) is 0 Å². The van der Waals surface area contributed by atoms with Crippen molar-refractivity contribution in [2.75, 3.05) is 46.2 Å². The number of aliphatic carboxylic acids is 1. The van der Waals surface area contributed by atoms with Gasteiger partial charge in [0.15, 0.2) is 0 Å². The van der Waals surface area contributed by atoms with Crippen LogP contribution in [-0.4, -0.2) is 69.1 Å². The van der Waals surface area contributed by atoms with Crippen LogP contribution < -0.4 is 0 Å². The second kappa shape index (κ2) is 14.0. The summed E-state index contributed by atoms with van der Waals surface area (Å²) in [5, 5.41) is 8.32. The van der Waals surface area contributed by atoms with Crippen LogP contribution in [0.5, 0.6) is 0 Å². The number of hydrogen-bond acceptors (Lipinski definition) is 7. The molecule has 0 aromatic carbocycles. The van der Waals surface area contributed by atoms with Gasteiger partial charge in [-0.3, -0.25) is 9.59 Å². The summed E-state index contributed by atoms with van der Waals surface area (Å²) in [7, 11) is 0. The molecule has 0 unspecified atom stereocenters. The third-order valence-electron chi connectivity index (χ3n) is 2.21. The van der Waals surface area contributed by atoms with Crippen molar-refractivity contribution >= 4 is 17.7 Å². The van der Waals surface area contributed by atoms with E-state index < -0.39 is 17.7 Å². The molecule has 0 rings (SSSR count). The van der Waals surface area contributed by atoms with Gasteiger partial charge < -0.3 is 24.1 Å². The summed E-state index contributed by atoms with van der Waals surface area (Å²) in [6, 6.07) is 0. The van der Waals surface area contributed by atoms with E-state index >= 15 is 0 Å². The van der Waals surface area contributed by atoms with E-state index in [9.17, 15) is 14.4 Å². The van der Waals surface area contributed by atoms with Crippen LogP contribution in [-0.2, 0) is 33.3 Å². The van der Waals surface area contributed by atoms with E-state index in [0.717, 1.165) is 0 Å². The minimum absolute atomic E-state index is 0.0331. The fraction of sp³-hybridized carbons (Fsp3) is 0.643. The van der Waals surface area contributed by atoms with Gasteiger partial charge in [-0.2, -0.15) is 0 Å². The molecule has 0 atom stereocenters. The van der Waals surface area contributed by atoms with Crippen LogP contribution in [0.1, 0.15) is 12.8 Å². The van der Waals surface area contributed by atoms with Crippen molar-refractivity contribution in [3.63, 3.8) is 0 Å². The summed E-state index contributed by atoms with van der Waals surface area (Å²) >= 11 is 0. The molecule has 0 bridgehead atoms. The van der Waals surface area contributed by atoms with Crippen LogP contribution in [0.2, 0.25) is 0 Å². The molecule has 0 amide bonds. The zero-order valence-electron chi connectivity index (χ0n) is 12.2. The molecule has 0 saturated carbocycles. The number of esters is 1. The number of rotatable bonds is 14. The minimum Gasteiger partial charge on any atom is -0.476 e. The first-order chi connectivity index (χ1) is 10.6. The van der Waals surface area contributed by atoms with Crippen LogP contribution >= 0.6 is 0 Å². The Morgan fingerprint density at radius 1 is 0.864 bits per heavy atom. The number of ether oxygens (including phenoxy) is 4. The topological polar surface area (TPSA) is 108 Å². The second-order valence-electron chi connectivity index (χ2n) is 3.93. The molecule has 22 heavy (non-hydrogen) atoms. The molecule has 0 aliphatic rings. The molecule has 0 aromatic rings. The van der Waals surface area contributed by atoms with Gasteiger partial charge in [-0.1, -0.05) is 5.92 Å². The summed E-state index contributed by atoms with van der Waals surface area (Å²) in [5.74, 6) is -0.880. The molecule has 124 valence electrons. The normalized spacial score (nSPS) is 9.95. The summed E-state index contributed by atoms with van der Waals surface area (Å²) in [5.41, 5.74) is 0. The van der Waals surface area contributed by atoms with Gasteiger partial charge in [0.2, 0.25) is 5.78 Å². The van der Waals surface area contributed by atoms with Crippen LogP contribution in [0, 0.1) is 12.3 Å². The average Bonchev–Trinajstić information content (AvgIpc) is 2.50. The fourth-order valence-corrected chi connectivity index (χ4v) is 1.18. The average molecular weight is 316 g/mol. The van der Waals surface area contributed by atoms with Crippen molar-refractivity contribution in [2.24, 2.45) is 0 Å². The molecule has 8 nitrogen and oxygen atoms in total. The minimum atomic E-state index is -1.55. The first kappa shape index (κ1) is 20.1. The van der Waals surface area contributed by atoms with Crippen molar-refractivity contribution in [2.45, 2.75) is 12.8 Å². The van der Waals surface area contributed by atoms with E-state index in [1.807, 2.05) is 0 Å². The Kier molecular flexibility index (Phi) is 12.8. The maximum Gasteiger partial charge on any atom is 0.372 e. The van der Waals surface area contributed by atoms with Gasteiger partial charge in [-0.15, -0.1) is 6.42 Å². The van der Waals surface area contributed by atoms with Crippen molar-refractivity contribution in [1.82, 2.24) is 0 Å². The van der Waals surface area contributed by atoms with Crippen LogP contribution in [0.3, 0.4) is 0 Å². The molecular formula is C14H20O8. The Morgan fingerprint density at radius 2 is 1.41 bits per heavy atom. The van der Waals surface area contributed by atoms with Gasteiger partial charge in [0.25, 0.3) is 0 Å². The SMILES string of the molecule is C#CCOCCOCCOCCOC(=O)CCC(=O)C(=O)O. The lowest BCUT2D eigenvalue weighted by Crippen LogP contribution is -2.17. The third-order valence-corrected chi connectivity index (χ3v) is 2.21. The molecule has 0 aromatic heterocycles. The first-order valence-corrected chi connectivity index (χ1v) is 6.66. The number of terminal acetylenes is 1. The number of carboxylic acid groups (broad SMARTS) is 1. The number of ketones is 1. The molecule has 0 fully saturated rings. The van der Waals surface area contributed by atoms with E-state index in [4.69, 9.17) is 30.5 Å². The Labute approximate surface area is 128 Å². The lowest BCUT2D eigenvalue weighted by Gasteiger charge is -2.06. The number of carboxylic acids is 1. The Morgan fingerprint density at radius 3 is 1.95 bits per heavy atom. The maximum atomic E-state index is 11.2. The zero-order valence-corrected chi connectivity index (χ0v) is 12.2. The Balaban J connectivity index is 3.29. The van der Waals surface area contributed by atoms with Crippen molar-refractivity contribution in [3.8, 4) is 12.3 Å². The van der Waals surface area contributed by atoms with Gasteiger partial charge in [-0.25, -0.2) is 4.79 Å². The Hall–Kier alpha value is -1.95. The highest BCUT2D eigenvalue weighted by molar-refractivity contribution is 6.32. The third kappa shape index (κ3) is 13.1. The fourth-order valence-electron chi connectivity index (χ4n) is 1.18. The molecule has 0 radical (unpaired) electrons. The number of hydrogen-bond donors (Lipinski definition) is 1. The first-order valence-electron chi connectivity index (χ1n) is 6.66. The van der Waals surface area contributed by atoms with E-state index in [1.165, 1.54) is 0 Å². The predicted octanol–water partition coefficient (Wildman–Crippen LogP) is -0.353. The largest absolute Gasteiger partial charge is 0.476 e. The molecule has 8 heteroatoms. The zero-order chi connectivity index (χ0) is 16.6. The molecule has 0 aliphatic heterocycles. The molecular weight excluding hydrogens is 296 g/mol. The predicted molar refractivity (Wildman–Crippen MR) is 74.1 cm³/mol. The van der Waals surface area contributed by atoms with Gasteiger partial charge in [0.05, 0.1) is 39.5 Å². The van der Waals surface area contributed by atoms with Crippen molar-refractivity contribution in [1.29, 1.82) is 0 Å². The van der Waals surface area contributed by atoms with Gasteiger partial charge in [0.1, 0.15) is 13.2 Å². The summed E-state index contributed by atoms with van der Waals surface area (Å²) in [4.78, 5) is 32.1. The highest BCUT2D eigenvalue weighted by Gasteiger charge is 2.13. The van der Waals surface area contributed by atoms with Crippen molar-refractivity contribution in [3.05, 3.63) is 0 Å². The number of carbonyl (C=O) groups is 3. The lowest BCUT2D eigenvalue weighted by molar-refractivity contribution is -0.151. The van der Waals surface area contributed by atoms with Crippen LogP contribution in [0.4, 0.5) is 0 Å². The Bertz CT molecular complexity index is 385. The van der Waals surface area contributed by atoms with E-state index in [1.54, 1.807) is 0 Å². The summed E-state index contributed by atoms with van der Waals surface area (Å²) < 4.78 is 20.1. The van der Waals surface area contributed by atoms with Crippen molar-refractivity contribution < 1.29 is 38.4 Å². The lowest BCUT2D eigenvalue weighted by atomic mass is 10.2. The van der Waals surface area contributed by atoms with Gasteiger partial charge >= 0.3 is 11.9 Å². The maximum absolute atomic E-state index is 11.2. The number of carbonyl (C=O) groups excluding carboxylic acids is 2. The molecule has 0 aliphatic carbocycles. The van der Waals surface area contributed by atoms with Crippen LogP contribution in [0.15, 0.2) is 0 Å². The van der Waals surface area contributed by atoms with E-state index in [0.29, 0.717) is 26.4 Å². The second-order valence-corrected chi connectivity index (χ2v) is 3.93. The quantitative estimate of drug-likeness (QED) is 0.200. The molecule has 0 heterocycles. The summed E-state index contributed by atoms with van der Waals surface area (Å²) in [6.07, 6.45) is 4.36. The standard InChI is InChI=1S/C14H20O8/c1-2-5-19-6-7-20-8-9-21-10-11-22-13(16)4-3-12(15)14(17)18/h1H,3-11H2,(H,17,18). The molecule has 0 saturated heterocycles. The highest BCUT2D eigenvalue weighted by atomic mass is 16.6. The number of Topliss-reactive ketones (excluding diaryl/α,β-unsaturated/α-hetero) is 1. The van der Waals surface area contributed by atoms with Crippen LogP contribution in [0.25, 0.3) is 0 Å². The monoisotopic (exact) mass is 316 g/mol. The smallest absolute Gasteiger partial charge is 0.372 e. The molecule has 0 spiro atoms. The van der Waals surface area contributed by atoms with E-state index in [2.05, 4.69) is 5.92 Å². The van der Waals surface area contributed by atoms with E-state index in [-0.39, 0.29) is 32.7 Å². The highest BCUT2D eigenvalue weighted by Crippen LogP contribution is 1.95. The summed E-state index contributed by atoms with van der Waals surface area (Å²) in [6.45, 7) is 2.02.